The summed E-state index contributed by atoms with van der Waals surface area (Å²) in [6.45, 7) is 1.47. The molecule has 3 N–H and O–H groups in total. The molecule has 2 rings (SSSR count). The van der Waals surface area contributed by atoms with Gasteiger partial charge in [0.05, 0.1) is 11.3 Å². The zero-order valence-corrected chi connectivity index (χ0v) is 12.1. The van der Waals surface area contributed by atoms with Gasteiger partial charge in [0.1, 0.15) is 0 Å². The third-order valence-corrected chi connectivity index (χ3v) is 3.84. The molecule has 1 aromatic heterocycles. The van der Waals surface area contributed by atoms with E-state index in [1.54, 1.807) is 0 Å². The molecule has 0 saturated carbocycles. The molecule has 0 amide bonds. The summed E-state index contributed by atoms with van der Waals surface area (Å²) in [5, 5.41) is 4.84. The van der Waals surface area contributed by atoms with E-state index in [1.807, 2.05) is 24.3 Å². The molecule has 0 unspecified atom stereocenters. The van der Waals surface area contributed by atoms with E-state index < -0.39 is 10.0 Å². The summed E-state index contributed by atoms with van der Waals surface area (Å²) in [5.41, 5.74) is 1.90. The highest BCUT2D eigenvalue weighted by Crippen LogP contribution is 2.26. The Bertz CT molecular complexity index is 667. The summed E-state index contributed by atoms with van der Waals surface area (Å²) in [7, 11) is -3.12. The van der Waals surface area contributed by atoms with Crippen LogP contribution in [0.3, 0.4) is 0 Å². The van der Waals surface area contributed by atoms with Crippen LogP contribution in [0.1, 0.15) is 5.69 Å². The lowest BCUT2D eigenvalue weighted by Crippen LogP contribution is -2.30. The van der Waals surface area contributed by atoms with Gasteiger partial charge in [-0.1, -0.05) is 29.8 Å². The van der Waals surface area contributed by atoms with E-state index in [4.69, 9.17) is 11.6 Å². The van der Waals surface area contributed by atoms with Crippen LogP contribution in [0.2, 0.25) is 5.02 Å². The number of hydrogen-bond acceptors (Lipinski definition) is 3. The molecule has 0 aliphatic carbocycles. The fourth-order valence-corrected chi connectivity index (χ4v) is 2.58. The number of halogens is 1. The molecule has 0 spiro atoms. The highest BCUT2D eigenvalue weighted by atomic mass is 35.5. The van der Waals surface area contributed by atoms with Crippen LogP contribution in [0.4, 0.5) is 0 Å². The van der Waals surface area contributed by atoms with E-state index in [-0.39, 0.29) is 0 Å². The number of rotatable bonds is 6. The van der Waals surface area contributed by atoms with E-state index in [9.17, 15) is 8.42 Å². The van der Waals surface area contributed by atoms with Crippen molar-refractivity contribution in [3.8, 4) is 0 Å². The maximum Gasteiger partial charge on any atom is 0.208 e. The van der Waals surface area contributed by atoms with Gasteiger partial charge < -0.3 is 10.3 Å². The van der Waals surface area contributed by atoms with Crippen molar-refractivity contribution >= 4 is 32.5 Å². The first kappa shape index (κ1) is 14.3. The predicted molar refractivity (Wildman–Crippen MR) is 77.9 cm³/mol. The molecular weight excluding hydrogens is 286 g/mol. The minimum atomic E-state index is -3.12. The molecule has 0 saturated heterocycles. The van der Waals surface area contributed by atoms with Crippen molar-refractivity contribution < 1.29 is 8.42 Å². The Kier molecular flexibility index (Phi) is 4.46. The first-order valence-corrected chi connectivity index (χ1v) is 8.15. The van der Waals surface area contributed by atoms with Crippen molar-refractivity contribution in [2.45, 2.75) is 6.54 Å². The van der Waals surface area contributed by atoms with Crippen molar-refractivity contribution in [2.24, 2.45) is 0 Å². The fraction of sp³-hybridized carbons (Fsp3) is 0.333. The summed E-state index contributed by atoms with van der Waals surface area (Å²) >= 11 is 6.26. The van der Waals surface area contributed by atoms with Crippen LogP contribution >= 0.6 is 11.6 Å². The van der Waals surface area contributed by atoms with Crippen LogP contribution < -0.4 is 10.0 Å². The van der Waals surface area contributed by atoms with Gasteiger partial charge >= 0.3 is 0 Å². The van der Waals surface area contributed by atoms with Gasteiger partial charge in [-0.2, -0.15) is 0 Å². The van der Waals surface area contributed by atoms with E-state index >= 15 is 0 Å². The molecule has 5 nitrogen and oxygen atoms in total. The SMILES string of the molecule is CS(=O)(=O)NCCNCc1[nH]c2ccccc2c1Cl. The Morgan fingerprint density at radius 2 is 2.00 bits per heavy atom. The maximum atomic E-state index is 10.9. The quantitative estimate of drug-likeness (QED) is 0.707. The highest BCUT2D eigenvalue weighted by molar-refractivity contribution is 7.88. The molecule has 0 atom stereocenters. The summed E-state index contributed by atoms with van der Waals surface area (Å²) < 4.78 is 24.2. The van der Waals surface area contributed by atoms with E-state index in [2.05, 4.69) is 15.0 Å². The van der Waals surface area contributed by atoms with Gasteiger partial charge in [0.2, 0.25) is 10.0 Å². The molecule has 1 aromatic carbocycles. The number of aromatic nitrogens is 1. The monoisotopic (exact) mass is 301 g/mol. The number of hydrogen-bond donors (Lipinski definition) is 3. The lowest BCUT2D eigenvalue weighted by atomic mass is 10.2. The summed E-state index contributed by atoms with van der Waals surface area (Å²) in [4.78, 5) is 3.24. The summed E-state index contributed by atoms with van der Waals surface area (Å²) in [5.74, 6) is 0. The second kappa shape index (κ2) is 5.92. The zero-order chi connectivity index (χ0) is 13.9. The average molecular weight is 302 g/mol. The number of benzene rings is 1. The second-order valence-corrected chi connectivity index (χ2v) is 6.52. The van der Waals surface area contributed by atoms with Crippen molar-refractivity contribution in [3.05, 3.63) is 35.0 Å². The molecule has 104 valence electrons. The Balaban J connectivity index is 1.90. The van der Waals surface area contributed by atoms with Gasteiger partial charge in [0, 0.05) is 36.2 Å². The van der Waals surface area contributed by atoms with Crippen molar-refractivity contribution in [2.75, 3.05) is 19.3 Å². The topological polar surface area (TPSA) is 74.0 Å². The van der Waals surface area contributed by atoms with E-state index in [0.717, 1.165) is 22.9 Å². The number of fused-ring (bicyclic) bond motifs is 1. The van der Waals surface area contributed by atoms with Gasteiger partial charge in [-0.25, -0.2) is 13.1 Å². The lowest BCUT2D eigenvalue weighted by molar-refractivity contribution is 0.581. The maximum absolute atomic E-state index is 10.9. The van der Waals surface area contributed by atoms with Crippen LogP contribution in [0, 0.1) is 0 Å². The standard InChI is InChI=1S/C12H16ClN3O2S/c1-19(17,18)15-7-6-14-8-11-12(13)9-4-2-3-5-10(9)16-11/h2-5,14-16H,6-8H2,1H3. The third-order valence-electron chi connectivity index (χ3n) is 2.68. The number of H-pyrrole nitrogens is 1. The molecule has 7 heteroatoms. The van der Waals surface area contributed by atoms with Gasteiger partial charge in [-0.15, -0.1) is 0 Å². The average Bonchev–Trinajstić information content (AvgIpc) is 2.65. The lowest BCUT2D eigenvalue weighted by Gasteiger charge is -2.04. The zero-order valence-electron chi connectivity index (χ0n) is 10.5. The fourth-order valence-electron chi connectivity index (χ4n) is 1.82. The number of para-hydroxylation sites is 1. The molecule has 0 bridgehead atoms. The van der Waals surface area contributed by atoms with Gasteiger partial charge in [-0.05, 0) is 6.07 Å². The Morgan fingerprint density at radius 3 is 2.68 bits per heavy atom. The van der Waals surface area contributed by atoms with E-state index in [0.29, 0.717) is 24.7 Å². The van der Waals surface area contributed by atoms with Gasteiger partial charge in [-0.3, -0.25) is 0 Å². The van der Waals surface area contributed by atoms with Crippen molar-refractivity contribution in [3.63, 3.8) is 0 Å². The number of sulfonamides is 1. The van der Waals surface area contributed by atoms with Crippen molar-refractivity contribution in [1.29, 1.82) is 0 Å². The first-order chi connectivity index (χ1) is 8.97. The van der Waals surface area contributed by atoms with Crippen LogP contribution in [-0.2, 0) is 16.6 Å². The van der Waals surface area contributed by atoms with Crippen molar-refractivity contribution in [1.82, 2.24) is 15.0 Å². The number of nitrogens with one attached hydrogen (secondary N) is 3. The van der Waals surface area contributed by atoms with E-state index in [1.165, 1.54) is 0 Å². The molecular formula is C12H16ClN3O2S. The van der Waals surface area contributed by atoms with Crippen LogP contribution in [0.25, 0.3) is 10.9 Å². The predicted octanol–water partition coefficient (Wildman–Crippen LogP) is 1.46. The molecule has 0 fully saturated rings. The minimum absolute atomic E-state index is 0.358. The molecule has 0 aliphatic rings. The highest BCUT2D eigenvalue weighted by Gasteiger charge is 2.08. The molecule has 2 aromatic rings. The Hall–Kier alpha value is -1.08. The van der Waals surface area contributed by atoms with Crippen LogP contribution in [0.5, 0.6) is 0 Å². The smallest absolute Gasteiger partial charge is 0.208 e. The van der Waals surface area contributed by atoms with Gasteiger partial charge in [0.25, 0.3) is 0 Å². The molecule has 0 radical (unpaired) electrons. The van der Waals surface area contributed by atoms with Crippen LogP contribution in [-0.4, -0.2) is 32.7 Å². The van der Waals surface area contributed by atoms with Gasteiger partial charge in [0.15, 0.2) is 0 Å². The third kappa shape index (κ3) is 3.94. The molecule has 19 heavy (non-hydrogen) atoms. The summed E-state index contributed by atoms with van der Waals surface area (Å²) in [6, 6.07) is 7.82. The number of aromatic amines is 1. The Labute approximate surface area is 117 Å². The largest absolute Gasteiger partial charge is 0.356 e. The molecule has 1 heterocycles. The second-order valence-electron chi connectivity index (χ2n) is 4.31. The normalized spacial score (nSPS) is 12.1. The molecule has 0 aliphatic heterocycles. The Morgan fingerprint density at radius 1 is 1.26 bits per heavy atom. The summed E-state index contributed by atoms with van der Waals surface area (Å²) in [6.07, 6.45) is 1.14. The minimum Gasteiger partial charge on any atom is -0.356 e. The first-order valence-electron chi connectivity index (χ1n) is 5.88. The van der Waals surface area contributed by atoms with Crippen LogP contribution in [0.15, 0.2) is 24.3 Å².